The molecule has 1 unspecified atom stereocenters. The van der Waals surface area contributed by atoms with Crippen molar-refractivity contribution >= 4 is 11.6 Å². The van der Waals surface area contributed by atoms with Crippen molar-refractivity contribution in [2.75, 3.05) is 18.8 Å². The average Bonchev–Trinajstić information content (AvgIpc) is 2.77. The number of hydrogen-bond donors (Lipinski definition) is 1. The van der Waals surface area contributed by atoms with E-state index in [0.29, 0.717) is 17.3 Å². The second-order valence-corrected chi connectivity index (χ2v) is 4.67. The lowest BCUT2D eigenvalue weighted by molar-refractivity contribution is 0.0781. The highest BCUT2D eigenvalue weighted by Crippen LogP contribution is 2.22. The van der Waals surface area contributed by atoms with Gasteiger partial charge in [-0.1, -0.05) is 13.3 Å². The van der Waals surface area contributed by atoms with Crippen molar-refractivity contribution in [3.63, 3.8) is 0 Å². The van der Waals surface area contributed by atoms with Gasteiger partial charge in [0.15, 0.2) is 0 Å². The van der Waals surface area contributed by atoms with Crippen molar-refractivity contribution in [3.05, 3.63) is 24.0 Å². The molecule has 1 fully saturated rings. The average molecular weight is 233 g/mol. The van der Waals surface area contributed by atoms with E-state index in [0.717, 1.165) is 19.5 Å². The van der Waals surface area contributed by atoms with Crippen LogP contribution in [-0.2, 0) is 0 Å². The van der Waals surface area contributed by atoms with Crippen molar-refractivity contribution < 1.29 is 4.79 Å². The molecular weight excluding hydrogens is 214 g/mol. The molecule has 4 heteroatoms. The third kappa shape index (κ3) is 2.75. The quantitative estimate of drug-likeness (QED) is 0.867. The first-order valence-electron chi connectivity index (χ1n) is 6.21. The maximum absolute atomic E-state index is 12.2. The van der Waals surface area contributed by atoms with Gasteiger partial charge in [0.05, 0.1) is 0 Å². The Morgan fingerprint density at radius 2 is 2.47 bits per heavy atom. The van der Waals surface area contributed by atoms with E-state index >= 15 is 0 Å². The van der Waals surface area contributed by atoms with Gasteiger partial charge in [-0.05, 0) is 30.9 Å². The Morgan fingerprint density at radius 3 is 3.18 bits per heavy atom. The summed E-state index contributed by atoms with van der Waals surface area (Å²) in [6.07, 6.45) is 5.08. The smallest absolute Gasteiger partial charge is 0.272 e. The van der Waals surface area contributed by atoms with Gasteiger partial charge in [-0.3, -0.25) is 9.78 Å². The molecule has 0 aliphatic carbocycles. The molecule has 1 aliphatic heterocycles. The lowest BCUT2D eigenvalue weighted by Crippen LogP contribution is -2.29. The number of nitrogen functional groups attached to an aromatic ring is 1. The Labute approximate surface area is 102 Å². The fourth-order valence-electron chi connectivity index (χ4n) is 2.39. The van der Waals surface area contributed by atoms with Gasteiger partial charge in [-0.2, -0.15) is 0 Å². The molecule has 0 aromatic carbocycles. The highest BCUT2D eigenvalue weighted by atomic mass is 16.2. The van der Waals surface area contributed by atoms with Crippen molar-refractivity contribution in [3.8, 4) is 0 Å². The Bertz CT molecular complexity index is 405. The van der Waals surface area contributed by atoms with Gasteiger partial charge in [-0.25, -0.2) is 0 Å². The van der Waals surface area contributed by atoms with Crippen molar-refractivity contribution in [2.24, 2.45) is 5.92 Å². The van der Waals surface area contributed by atoms with Gasteiger partial charge < -0.3 is 10.6 Å². The number of hydrogen-bond acceptors (Lipinski definition) is 3. The SMILES string of the molecule is CCCC1CCN(C(=O)c2cc(N)ccn2)C1. The maximum Gasteiger partial charge on any atom is 0.272 e. The van der Waals surface area contributed by atoms with Crippen molar-refractivity contribution in [2.45, 2.75) is 26.2 Å². The van der Waals surface area contributed by atoms with E-state index in [4.69, 9.17) is 5.73 Å². The molecule has 1 aromatic rings. The van der Waals surface area contributed by atoms with Crippen LogP contribution in [0.1, 0.15) is 36.7 Å². The van der Waals surface area contributed by atoms with Gasteiger partial charge >= 0.3 is 0 Å². The molecule has 4 nitrogen and oxygen atoms in total. The molecule has 0 radical (unpaired) electrons. The minimum atomic E-state index is 0.0101. The molecule has 1 aromatic heterocycles. The molecule has 2 N–H and O–H groups in total. The van der Waals surface area contributed by atoms with Crippen LogP contribution in [0.15, 0.2) is 18.3 Å². The van der Waals surface area contributed by atoms with E-state index in [-0.39, 0.29) is 5.91 Å². The van der Waals surface area contributed by atoms with E-state index in [2.05, 4.69) is 11.9 Å². The zero-order valence-corrected chi connectivity index (χ0v) is 10.2. The first kappa shape index (κ1) is 11.9. The van der Waals surface area contributed by atoms with Crippen LogP contribution in [0, 0.1) is 5.92 Å². The Hall–Kier alpha value is -1.58. The van der Waals surface area contributed by atoms with Crippen molar-refractivity contribution in [1.29, 1.82) is 0 Å². The molecule has 17 heavy (non-hydrogen) atoms. The summed E-state index contributed by atoms with van der Waals surface area (Å²) in [6, 6.07) is 3.34. The zero-order valence-electron chi connectivity index (χ0n) is 10.2. The van der Waals surface area contributed by atoms with E-state index in [1.54, 1.807) is 18.3 Å². The molecule has 1 saturated heterocycles. The van der Waals surface area contributed by atoms with Gasteiger partial charge in [0, 0.05) is 25.0 Å². The molecule has 0 spiro atoms. The number of carbonyl (C=O) groups excluding carboxylic acids is 1. The number of rotatable bonds is 3. The largest absolute Gasteiger partial charge is 0.399 e. The number of amides is 1. The number of likely N-dealkylation sites (tertiary alicyclic amines) is 1. The van der Waals surface area contributed by atoms with Crippen LogP contribution >= 0.6 is 0 Å². The monoisotopic (exact) mass is 233 g/mol. The van der Waals surface area contributed by atoms with Gasteiger partial charge in [0.25, 0.3) is 5.91 Å². The van der Waals surface area contributed by atoms with Gasteiger partial charge in [-0.15, -0.1) is 0 Å². The minimum absolute atomic E-state index is 0.0101. The third-order valence-corrected chi connectivity index (χ3v) is 3.27. The lowest BCUT2D eigenvalue weighted by Gasteiger charge is -2.16. The highest BCUT2D eigenvalue weighted by Gasteiger charge is 2.26. The van der Waals surface area contributed by atoms with E-state index in [1.165, 1.54) is 12.8 Å². The van der Waals surface area contributed by atoms with Crippen LogP contribution in [0.4, 0.5) is 5.69 Å². The predicted molar refractivity (Wildman–Crippen MR) is 67.6 cm³/mol. The van der Waals surface area contributed by atoms with Gasteiger partial charge in [0.2, 0.25) is 0 Å². The molecule has 92 valence electrons. The Morgan fingerprint density at radius 1 is 1.65 bits per heavy atom. The van der Waals surface area contributed by atoms with Gasteiger partial charge in [0.1, 0.15) is 5.69 Å². The van der Waals surface area contributed by atoms with E-state index < -0.39 is 0 Å². The highest BCUT2D eigenvalue weighted by molar-refractivity contribution is 5.93. The topological polar surface area (TPSA) is 59.2 Å². The molecule has 1 atom stereocenters. The lowest BCUT2D eigenvalue weighted by atomic mass is 10.0. The summed E-state index contributed by atoms with van der Waals surface area (Å²) in [5.74, 6) is 0.668. The first-order valence-corrected chi connectivity index (χ1v) is 6.21. The Kier molecular flexibility index (Phi) is 3.61. The zero-order chi connectivity index (χ0) is 12.3. The second kappa shape index (κ2) is 5.17. The van der Waals surface area contributed by atoms with Crippen LogP contribution in [-0.4, -0.2) is 28.9 Å². The molecular formula is C13H19N3O. The number of anilines is 1. The molecule has 1 aliphatic rings. The van der Waals surface area contributed by atoms with E-state index in [1.807, 2.05) is 4.90 Å². The molecule has 2 heterocycles. The van der Waals surface area contributed by atoms with Crippen LogP contribution < -0.4 is 5.73 Å². The van der Waals surface area contributed by atoms with Crippen molar-refractivity contribution in [1.82, 2.24) is 9.88 Å². The standard InChI is InChI=1S/C13H19N3O/c1-2-3-10-5-7-16(9-10)13(17)12-8-11(14)4-6-15-12/h4,6,8,10H,2-3,5,7,9H2,1H3,(H2,14,15). The van der Waals surface area contributed by atoms with Crippen LogP contribution in [0.25, 0.3) is 0 Å². The molecule has 0 saturated carbocycles. The fraction of sp³-hybridized carbons (Fsp3) is 0.538. The van der Waals surface area contributed by atoms with Crippen LogP contribution in [0.2, 0.25) is 0 Å². The number of nitrogens with zero attached hydrogens (tertiary/aromatic N) is 2. The molecule has 0 bridgehead atoms. The second-order valence-electron chi connectivity index (χ2n) is 4.67. The molecule has 1 amide bonds. The number of pyridine rings is 1. The predicted octanol–water partition coefficient (Wildman–Crippen LogP) is 1.93. The maximum atomic E-state index is 12.2. The normalized spacial score (nSPS) is 19.6. The Balaban J connectivity index is 2.02. The summed E-state index contributed by atoms with van der Waals surface area (Å²) >= 11 is 0. The summed E-state index contributed by atoms with van der Waals surface area (Å²) in [5, 5.41) is 0. The number of aromatic nitrogens is 1. The number of nitrogens with two attached hydrogens (primary N) is 1. The van der Waals surface area contributed by atoms with Crippen LogP contribution in [0.3, 0.4) is 0 Å². The summed E-state index contributed by atoms with van der Waals surface area (Å²) in [5.41, 5.74) is 6.71. The minimum Gasteiger partial charge on any atom is -0.399 e. The molecule has 2 rings (SSSR count). The first-order chi connectivity index (χ1) is 8.20. The summed E-state index contributed by atoms with van der Waals surface area (Å²) in [6.45, 7) is 3.90. The number of carbonyl (C=O) groups is 1. The van der Waals surface area contributed by atoms with Crippen LogP contribution in [0.5, 0.6) is 0 Å². The summed E-state index contributed by atoms with van der Waals surface area (Å²) < 4.78 is 0. The summed E-state index contributed by atoms with van der Waals surface area (Å²) in [7, 11) is 0. The summed E-state index contributed by atoms with van der Waals surface area (Å²) in [4.78, 5) is 18.1. The van der Waals surface area contributed by atoms with E-state index in [9.17, 15) is 4.79 Å². The fourth-order valence-corrected chi connectivity index (χ4v) is 2.39. The third-order valence-electron chi connectivity index (χ3n) is 3.27.